The summed E-state index contributed by atoms with van der Waals surface area (Å²) in [6, 6.07) is -0.846. The number of rotatable bonds is 4. The lowest BCUT2D eigenvalue weighted by Gasteiger charge is -2.19. The average Bonchev–Trinajstić information content (AvgIpc) is 3.09. The Morgan fingerprint density at radius 1 is 1.00 bits per heavy atom. The van der Waals surface area contributed by atoms with Crippen LogP contribution in [0.3, 0.4) is 0 Å². The van der Waals surface area contributed by atoms with Crippen LogP contribution in [0.5, 0.6) is 0 Å². The molecule has 1 atom stereocenters. The smallest absolute Gasteiger partial charge is 0.330 e. The van der Waals surface area contributed by atoms with E-state index in [0.29, 0.717) is 16.8 Å². The van der Waals surface area contributed by atoms with Crippen molar-refractivity contribution in [3.8, 4) is 0 Å². The Bertz CT molecular complexity index is 663. The Kier molecular flexibility index (Phi) is 9.02. The summed E-state index contributed by atoms with van der Waals surface area (Å²) in [6.45, 7) is 2.72. The maximum absolute atomic E-state index is 11.4. The van der Waals surface area contributed by atoms with E-state index in [1.807, 2.05) is 0 Å². The zero-order chi connectivity index (χ0) is 20.7. The van der Waals surface area contributed by atoms with Crippen LogP contribution in [0.2, 0.25) is 0 Å². The summed E-state index contributed by atoms with van der Waals surface area (Å²) in [7, 11) is 0. The highest BCUT2D eigenvalue weighted by Crippen LogP contribution is 2.19. The number of imide groups is 2. The van der Waals surface area contributed by atoms with Gasteiger partial charge in [0.2, 0.25) is 16.9 Å². The Labute approximate surface area is 172 Å². The molecule has 148 valence electrons. The molecule has 0 aromatic rings. The van der Waals surface area contributed by atoms with Gasteiger partial charge in [0.1, 0.15) is 10.5 Å². The number of hydroxylamine groups is 2. The van der Waals surface area contributed by atoms with E-state index in [-0.39, 0.29) is 47.0 Å². The van der Waals surface area contributed by atoms with Gasteiger partial charge in [-0.2, -0.15) is 0 Å². The fraction of sp³-hybridized carbons (Fsp3) is 0.533. The minimum Gasteiger partial charge on any atom is -0.330 e. The number of alkyl halides is 1. The fourth-order valence-electron chi connectivity index (χ4n) is 2.14. The second-order valence-corrected chi connectivity index (χ2v) is 7.37. The fourth-order valence-corrected chi connectivity index (χ4v) is 2.84. The number of likely N-dealkylation sites (tertiary alicyclic amines) is 1. The first-order chi connectivity index (χ1) is 12.6. The van der Waals surface area contributed by atoms with Crippen LogP contribution in [0.25, 0.3) is 0 Å². The van der Waals surface area contributed by atoms with Crippen molar-refractivity contribution in [1.29, 1.82) is 0 Å². The topological polar surface area (TPSA) is 135 Å². The third kappa shape index (κ3) is 6.68. The van der Waals surface area contributed by atoms with Gasteiger partial charge < -0.3 is 4.84 Å². The molecule has 2 aliphatic rings. The largest absolute Gasteiger partial charge is 0.342 e. The van der Waals surface area contributed by atoms with E-state index in [0.717, 1.165) is 4.90 Å². The number of halogens is 1. The normalized spacial score (nSPS) is 17.6. The molecule has 4 amide bonds. The molecule has 1 unspecified atom stereocenters. The summed E-state index contributed by atoms with van der Waals surface area (Å²) < 4.78 is 0.120. The standard InChI is InChI=1S/C9H11NO4S.C6H6INO4/c1-5(9(14)15-6(2)11)10-7(12)3-4-8(10)13;7-3-6(11)12-8-4(9)1-2-5(8)10/h5H,3-4H2,1-2H3;1-3H2. The number of hydrogen-bond acceptors (Lipinski definition) is 9. The van der Waals surface area contributed by atoms with Crippen molar-refractivity contribution in [2.45, 2.75) is 45.6 Å². The molecule has 12 heteroatoms. The molecule has 2 fully saturated rings. The maximum atomic E-state index is 11.4. The summed E-state index contributed by atoms with van der Waals surface area (Å²) in [5, 5.41) is -0.266. The van der Waals surface area contributed by atoms with E-state index < -0.39 is 28.9 Å². The quantitative estimate of drug-likeness (QED) is 0.297. The zero-order valence-corrected chi connectivity index (χ0v) is 17.5. The Balaban J connectivity index is 0.000000277. The minimum atomic E-state index is -0.846. The van der Waals surface area contributed by atoms with Crippen LogP contribution in [0.1, 0.15) is 39.5 Å². The number of nitrogens with zero attached hydrogens (tertiary/aromatic N) is 2. The van der Waals surface area contributed by atoms with Crippen molar-refractivity contribution in [3.05, 3.63) is 0 Å². The highest BCUT2D eigenvalue weighted by atomic mass is 127. The molecule has 2 rings (SSSR count). The van der Waals surface area contributed by atoms with Crippen molar-refractivity contribution in [2.75, 3.05) is 4.43 Å². The predicted octanol–water partition coefficient (Wildman–Crippen LogP) is 0.359. The lowest BCUT2D eigenvalue weighted by molar-refractivity contribution is -0.195. The lowest BCUT2D eigenvalue weighted by Crippen LogP contribution is -2.41. The minimum absolute atomic E-state index is 0.120. The van der Waals surface area contributed by atoms with Gasteiger partial charge in [-0.15, -0.1) is 5.06 Å². The number of amides is 4. The van der Waals surface area contributed by atoms with Crippen LogP contribution in [-0.2, 0) is 38.4 Å². The molecule has 0 radical (unpaired) electrons. The molecular formula is C15H17IN2O8S. The second-order valence-electron chi connectivity index (χ2n) is 5.42. The van der Waals surface area contributed by atoms with E-state index in [1.54, 1.807) is 22.6 Å². The number of thioether (sulfide) groups is 1. The number of carbonyl (C=O) groups excluding carboxylic acids is 7. The Morgan fingerprint density at radius 3 is 1.85 bits per heavy atom. The van der Waals surface area contributed by atoms with E-state index in [4.69, 9.17) is 0 Å². The summed E-state index contributed by atoms with van der Waals surface area (Å²) in [6.07, 6.45) is 0.573. The Morgan fingerprint density at radius 2 is 1.44 bits per heavy atom. The molecule has 0 bridgehead atoms. The summed E-state index contributed by atoms with van der Waals surface area (Å²) in [4.78, 5) is 82.5. The van der Waals surface area contributed by atoms with Gasteiger partial charge in [-0.05, 0) is 18.7 Å². The first kappa shape index (κ1) is 23.2. The van der Waals surface area contributed by atoms with E-state index in [2.05, 4.69) is 4.84 Å². The van der Waals surface area contributed by atoms with E-state index >= 15 is 0 Å². The average molecular weight is 512 g/mol. The van der Waals surface area contributed by atoms with Gasteiger partial charge >= 0.3 is 5.97 Å². The van der Waals surface area contributed by atoms with Gasteiger partial charge in [0.05, 0.1) is 0 Å². The lowest BCUT2D eigenvalue weighted by atomic mass is 10.3. The van der Waals surface area contributed by atoms with Crippen LogP contribution < -0.4 is 0 Å². The summed E-state index contributed by atoms with van der Waals surface area (Å²) in [5.41, 5.74) is 0. The maximum Gasteiger partial charge on any atom is 0.342 e. The monoisotopic (exact) mass is 512 g/mol. The van der Waals surface area contributed by atoms with Crippen molar-refractivity contribution in [1.82, 2.24) is 9.96 Å². The van der Waals surface area contributed by atoms with Crippen molar-refractivity contribution in [2.24, 2.45) is 0 Å². The van der Waals surface area contributed by atoms with Gasteiger partial charge in [0, 0.05) is 32.6 Å². The van der Waals surface area contributed by atoms with Crippen LogP contribution in [-0.4, -0.2) is 60.3 Å². The molecule has 0 aliphatic carbocycles. The molecule has 10 nitrogen and oxygen atoms in total. The zero-order valence-electron chi connectivity index (χ0n) is 14.6. The Hall–Kier alpha value is -1.83. The van der Waals surface area contributed by atoms with Crippen molar-refractivity contribution >= 4 is 74.2 Å². The van der Waals surface area contributed by atoms with E-state index in [9.17, 15) is 33.6 Å². The molecule has 0 aromatic heterocycles. The van der Waals surface area contributed by atoms with Gasteiger partial charge in [-0.3, -0.25) is 33.7 Å². The van der Waals surface area contributed by atoms with Crippen LogP contribution >= 0.6 is 34.4 Å². The molecule has 27 heavy (non-hydrogen) atoms. The highest BCUT2D eigenvalue weighted by Gasteiger charge is 2.36. The molecular weight excluding hydrogens is 495 g/mol. The third-order valence-corrected chi connectivity index (χ3v) is 4.82. The van der Waals surface area contributed by atoms with Crippen LogP contribution in [0, 0.1) is 0 Å². The van der Waals surface area contributed by atoms with Gasteiger partial charge in [-0.25, -0.2) is 4.79 Å². The molecule has 2 heterocycles. The molecule has 2 aliphatic heterocycles. The van der Waals surface area contributed by atoms with Crippen molar-refractivity contribution < 1.29 is 38.4 Å². The van der Waals surface area contributed by atoms with Gasteiger partial charge in [0.15, 0.2) is 5.12 Å². The number of hydrogen-bond donors (Lipinski definition) is 0. The highest BCUT2D eigenvalue weighted by molar-refractivity contribution is 14.1. The SMILES string of the molecule is CC(=O)SC(=O)C(C)N1C(=O)CCC1=O.O=C(CI)ON1C(=O)CCC1=O. The number of carbonyl (C=O) groups is 7. The predicted molar refractivity (Wildman–Crippen MR) is 99.9 cm³/mol. The summed E-state index contributed by atoms with van der Waals surface area (Å²) >= 11 is 2.32. The molecule has 0 saturated carbocycles. The second kappa shape index (κ2) is 10.5. The first-order valence-corrected chi connectivity index (χ1v) is 10.1. The molecule has 0 spiro atoms. The molecule has 0 N–H and O–H groups in total. The molecule has 2 saturated heterocycles. The first-order valence-electron chi connectivity index (χ1n) is 7.78. The van der Waals surface area contributed by atoms with E-state index in [1.165, 1.54) is 13.8 Å². The van der Waals surface area contributed by atoms with Crippen LogP contribution in [0.4, 0.5) is 0 Å². The van der Waals surface area contributed by atoms with Gasteiger partial charge in [0.25, 0.3) is 11.8 Å². The third-order valence-electron chi connectivity index (χ3n) is 3.37. The van der Waals surface area contributed by atoms with Gasteiger partial charge in [-0.1, -0.05) is 22.6 Å². The van der Waals surface area contributed by atoms with Crippen molar-refractivity contribution in [3.63, 3.8) is 0 Å². The van der Waals surface area contributed by atoms with Crippen LogP contribution in [0.15, 0.2) is 0 Å². The molecule has 0 aromatic carbocycles. The summed E-state index contributed by atoms with van der Waals surface area (Å²) in [5.74, 6) is -2.16.